The number of likely N-dealkylation sites (tertiary alicyclic amines) is 1. The molecule has 0 saturated carbocycles. The minimum absolute atomic E-state index is 0.0503. The molecule has 1 N–H and O–H groups in total. The molecule has 1 aliphatic rings. The molecule has 1 heterocycles. The summed E-state index contributed by atoms with van der Waals surface area (Å²) in [5, 5.41) is 2.87. The molecule has 1 atom stereocenters. The number of methoxy groups -OCH3 is 1. The number of ether oxygens (including phenoxy) is 2. The third-order valence-electron chi connectivity index (χ3n) is 5.64. The highest BCUT2D eigenvalue weighted by molar-refractivity contribution is 9.10. The summed E-state index contributed by atoms with van der Waals surface area (Å²) in [4.78, 5) is 39.5. The third kappa shape index (κ3) is 6.70. The number of hydrogen-bond donors (Lipinski definition) is 1. The number of esters is 1. The molecule has 0 aromatic heterocycles. The number of nitrogens with zero attached hydrogens (tertiary/aromatic N) is 1. The fourth-order valence-electron chi connectivity index (χ4n) is 3.69. The zero-order valence-corrected chi connectivity index (χ0v) is 21.3. The van der Waals surface area contributed by atoms with Crippen molar-refractivity contribution in [3.05, 3.63) is 27.7 Å². The Hall–Kier alpha value is -2.09. The van der Waals surface area contributed by atoms with Crippen LogP contribution in [0.15, 0.2) is 16.6 Å². The van der Waals surface area contributed by atoms with Crippen LogP contribution >= 0.6 is 15.9 Å². The lowest BCUT2D eigenvalue weighted by Gasteiger charge is -2.25. The number of carbonyl (C=O) groups is 3. The van der Waals surface area contributed by atoms with Crippen LogP contribution < -0.4 is 5.32 Å². The SMILES string of the molecule is CCCCOC(=O)N1CCCC1CCc1c(Br)ccc(NC(=O)C(C)(C)C)c1C(=O)OC. The maximum absolute atomic E-state index is 12.7. The van der Waals surface area contributed by atoms with Crippen LogP contribution in [-0.4, -0.2) is 49.2 Å². The Morgan fingerprint density at radius 3 is 2.59 bits per heavy atom. The highest BCUT2D eigenvalue weighted by Gasteiger charge is 2.31. The van der Waals surface area contributed by atoms with E-state index in [4.69, 9.17) is 9.47 Å². The molecule has 178 valence electrons. The van der Waals surface area contributed by atoms with Crippen LogP contribution in [0, 0.1) is 5.41 Å². The first-order valence-electron chi connectivity index (χ1n) is 11.2. The molecular weight excluding hydrogens is 476 g/mol. The zero-order chi connectivity index (χ0) is 23.9. The Morgan fingerprint density at radius 2 is 1.97 bits per heavy atom. The smallest absolute Gasteiger partial charge is 0.410 e. The van der Waals surface area contributed by atoms with Crippen LogP contribution in [-0.2, 0) is 20.7 Å². The van der Waals surface area contributed by atoms with Gasteiger partial charge in [0.25, 0.3) is 0 Å². The molecule has 1 aliphatic heterocycles. The van der Waals surface area contributed by atoms with Crippen LogP contribution in [0.2, 0.25) is 0 Å². The highest BCUT2D eigenvalue weighted by Crippen LogP contribution is 2.32. The van der Waals surface area contributed by atoms with Gasteiger partial charge < -0.3 is 19.7 Å². The van der Waals surface area contributed by atoms with Crippen LogP contribution in [0.3, 0.4) is 0 Å². The van der Waals surface area contributed by atoms with E-state index in [1.165, 1.54) is 7.11 Å². The van der Waals surface area contributed by atoms with Gasteiger partial charge in [0.05, 0.1) is 25.0 Å². The van der Waals surface area contributed by atoms with E-state index in [1.807, 2.05) is 26.8 Å². The zero-order valence-electron chi connectivity index (χ0n) is 19.8. The molecule has 32 heavy (non-hydrogen) atoms. The summed E-state index contributed by atoms with van der Waals surface area (Å²) in [6.45, 7) is 8.62. The van der Waals surface area contributed by atoms with Gasteiger partial charge in [0.1, 0.15) is 0 Å². The fourth-order valence-corrected chi connectivity index (χ4v) is 4.22. The van der Waals surface area contributed by atoms with E-state index >= 15 is 0 Å². The number of benzene rings is 1. The largest absolute Gasteiger partial charge is 0.465 e. The van der Waals surface area contributed by atoms with Crippen LogP contribution in [0.4, 0.5) is 10.5 Å². The molecule has 0 aliphatic carbocycles. The molecule has 0 radical (unpaired) electrons. The van der Waals surface area contributed by atoms with Gasteiger partial charge in [0.15, 0.2) is 0 Å². The monoisotopic (exact) mass is 510 g/mol. The number of amides is 2. The minimum atomic E-state index is -0.608. The molecule has 1 unspecified atom stereocenters. The van der Waals surface area contributed by atoms with Crippen molar-refractivity contribution >= 4 is 39.6 Å². The Labute approximate surface area is 199 Å². The molecule has 7 nitrogen and oxygen atoms in total. The van der Waals surface area contributed by atoms with Crippen molar-refractivity contribution in [2.45, 2.75) is 72.3 Å². The maximum Gasteiger partial charge on any atom is 0.410 e. The highest BCUT2D eigenvalue weighted by atomic mass is 79.9. The minimum Gasteiger partial charge on any atom is -0.465 e. The summed E-state index contributed by atoms with van der Waals surface area (Å²) < 4.78 is 11.2. The second-order valence-corrected chi connectivity index (χ2v) is 9.99. The molecule has 1 aromatic carbocycles. The molecule has 1 saturated heterocycles. The van der Waals surface area contributed by atoms with Crippen LogP contribution in [0.1, 0.15) is 75.7 Å². The van der Waals surface area contributed by atoms with Gasteiger partial charge in [-0.3, -0.25) is 4.79 Å². The summed E-state index contributed by atoms with van der Waals surface area (Å²) >= 11 is 3.55. The number of carbonyl (C=O) groups excluding carboxylic acids is 3. The Balaban J connectivity index is 2.23. The normalized spacial score (nSPS) is 16.1. The Kier molecular flexibility index (Phi) is 9.55. The van der Waals surface area contributed by atoms with Crippen LogP contribution in [0.5, 0.6) is 0 Å². The second-order valence-electron chi connectivity index (χ2n) is 9.14. The van der Waals surface area contributed by atoms with E-state index < -0.39 is 11.4 Å². The van der Waals surface area contributed by atoms with Gasteiger partial charge in [-0.1, -0.05) is 50.0 Å². The fraction of sp³-hybridized carbons (Fsp3) is 0.625. The van der Waals surface area contributed by atoms with E-state index in [-0.39, 0.29) is 18.0 Å². The second kappa shape index (κ2) is 11.7. The lowest BCUT2D eigenvalue weighted by molar-refractivity contribution is -0.123. The molecule has 8 heteroatoms. The van der Waals surface area contributed by atoms with Gasteiger partial charge in [-0.25, -0.2) is 9.59 Å². The van der Waals surface area contributed by atoms with E-state index in [9.17, 15) is 14.4 Å². The number of anilines is 1. The average Bonchev–Trinajstić information content (AvgIpc) is 3.21. The molecule has 2 rings (SSSR count). The van der Waals surface area contributed by atoms with E-state index in [0.717, 1.165) is 35.7 Å². The number of hydrogen-bond acceptors (Lipinski definition) is 5. The first-order chi connectivity index (χ1) is 15.1. The lowest BCUT2D eigenvalue weighted by atomic mass is 9.94. The summed E-state index contributed by atoms with van der Waals surface area (Å²) in [5.41, 5.74) is 0.921. The first-order valence-corrected chi connectivity index (χ1v) is 12.0. The van der Waals surface area contributed by atoms with Crippen molar-refractivity contribution in [1.82, 2.24) is 4.90 Å². The molecule has 0 bridgehead atoms. The summed E-state index contributed by atoms with van der Waals surface area (Å²) in [7, 11) is 1.33. The summed E-state index contributed by atoms with van der Waals surface area (Å²) in [5.74, 6) is -0.694. The van der Waals surface area contributed by atoms with Gasteiger partial charge >= 0.3 is 12.1 Å². The van der Waals surface area contributed by atoms with Crippen molar-refractivity contribution in [3.8, 4) is 0 Å². The number of halogens is 1. The molecule has 1 fully saturated rings. The predicted molar refractivity (Wildman–Crippen MR) is 128 cm³/mol. The third-order valence-corrected chi connectivity index (χ3v) is 6.38. The van der Waals surface area contributed by atoms with Crippen molar-refractivity contribution in [2.24, 2.45) is 5.41 Å². The Morgan fingerprint density at radius 1 is 1.25 bits per heavy atom. The van der Waals surface area contributed by atoms with Crippen molar-refractivity contribution in [1.29, 1.82) is 0 Å². The molecular formula is C24H35BrN2O5. The van der Waals surface area contributed by atoms with Gasteiger partial charge in [0, 0.05) is 22.5 Å². The van der Waals surface area contributed by atoms with Crippen molar-refractivity contribution in [2.75, 3.05) is 25.6 Å². The number of nitrogens with one attached hydrogen (secondary N) is 1. The van der Waals surface area contributed by atoms with Gasteiger partial charge in [-0.15, -0.1) is 0 Å². The Bertz CT molecular complexity index is 834. The maximum atomic E-state index is 12.7. The van der Waals surface area contributed by atoms with Gasteiger partial charge in [-0.2, -0.15) is 0 Å². The number of rotatable bonds is 8. The first kappa shape index (κ1) is 26.2. The standard InChI is InChI=1S/C24H35BrN2O5/c1-6-7-15-32-23(30)27-14-8-9-16(27)10-11-17-18(25)12-13-19(20(17)21(28)31-5)26-22(29)24(2,3)4/h12-13,16H,6-11,14-15H2,1-5H3,(H,26,29). The molecule has 1 aromatic rings. The van der Waals surface area contributed by atoms with E-state index in [2.05, 4.69) is 28.2 Å². The summed E-state index contributed by atoms with van der Waals surface area (Å²) in [6, 6.07) is 3.58. The van der Waals surface area contributed by atoms with Crippen molar-refractivity contribution in [3.63, 3.8) is 0 Å². The van der Waals surface area contributed by atoms with Crippen LogP contribution in [0.25, 0.3) is 0 Å². The van der Waals surface area contributed by atoms with Gasteiger partial charge in [0.2, 0.25) is 5.91 Å². The van der Waals surface area contributed by atoms with Crippen molar-refractivity contribution < 1.29 is 23.9 Å². The molecule has 0 spiro atoms. The summed E-state index contributed by atoms with van der Waals surface area (Å²) in [6.07, 6.45) is 4.62. The average molecular weight is 511 g/mol. The lowest BCUT2D eigenvalue weighted by Crippen LogP contribution is -2.36. The van der Waals surface area contributed by atoms with Gasteiger partial charge in [-0.05, 0) is 49.8 Å². The van der Waals surface area contributed by atoms with E-state index in [0.29, 0.717) is 37.2 Å². The number of unbranched alkanes of at least 4 members (excludes halogenated alkanes) is 1. The topological polar surface area (TPSA) is 84.9 Å². The quantitative estimate of drug-likeness (QED) is 0.365. The van der Waals surface area contributed by atoms with E-state index in [1.54, 1.807) is 11.0 Å². The predicted octanol–water partition coefficient (Wildman–Crippen LogP) is 5.55. The molecule has 2 amide bonds.